The minimum atomic E-state index is 0.266. The van der Waals surface area contributed by atoms with E-state index < -0.39 is 0 Å². The molecule has 1 aromatic heterocycles. The number of aromatic hydroxyl groups is 1. The lowest BCUT2D eigenvalue weighted by Gasteiger charge is -2.06. The molecule has 0 radical (unpaired) electrons. The number of imidazole rings is 1. The molecule has 0 amide bonds. The normalized spacial score (nSPS) is 11.2. The Morgan fingerprint density at radius 1 is 0.692 bits per heavy atom. The molecule has 0 bridgehead atoms. The summed E-state index contributed by atoms with van der Waals surface area (Å²) < 4.78 is 0. The summed E-state index contributed by atoms with van der Waals surface area (Å²) in [6.07, 6.45) is 0. The zero-order valence-corrected chi connectivity index (χ0v) is 14.0. The van der Waals surface area contributed by atoms with E-state index in [1.807, 2.05) is 54.6 Å². The highest BCUT2D eigenvalue weighted by atomic mass is 16.3. The SMILES string of the molecule is Oc1ccc(-c2nc3cc4ccccc4cc3[nH]2)cc1-c1ccccc1. The van der Waals surface area contributed by atoms with Gasteiger partial charge in [0.1, 0.15) is 11.6 Å². The number of fused-ring (bicyclic) bond motifs is 2. The highest BCUT2D eigenvalue weighted by Crippen LogP contribution is 2.33. The lowest BCUT2D eigenvalue weighted by atomic mass is 10.0. The van der Waals surface area contributed by atoms with Crippen molar-refractivity contribution in [3.8, 4) is 28.3 Å². The second-order valence-electron chi connectivity index (χ2n) is 6.40. The summed E-state index contributed by atoms with van der Waals surface area (Å²) in [6, 6.07) is 28.0. The fourth-order valence-corrected chi connectivity index (χ4v) is 3.37. The van der Waals surface area contributed by atoms with Gasteiger partial charge in [-0.25, -0.2) is 4.98 Å². The topological polar surface area (TPSA) is 48.9 Å². The van der Waals surface area contributed by atoms with Crippen LogP contribution in [0.5, 0.6) is 5.75 Å². The van der Waals surface area contributed by atoms with Crippen molar-refractivity contribution in [1.29, 1.82) is 0 Å². The van der Waals surface area contributed by atoms with Crippen LogP contribution in [0.4, 0.5) is 0 Å². The minimum absolute atomic E-state index is 0.266. The number of phenolic OH excluding ortho intramolecular Hbond substituents is 1. The zero-order valence-electron chi connectivity index (χ0n) is 14.0. The van der Waals surface area contributed by atoms with Gasteiger partial charge in [-0.3, -0.25) is 0 Å². The predicted octanol–water partition coefficient (Wildman–Crippen LogP) is 5.76. The second kappa shape index (κ2) is 5.74. The molecule has 0 unspecified atom stereocenters. The van der Waals surface area contributed by atoms with Crippen LogP contribution in [-0.4, -0.2) is 15.1 Å². The largest absolute Gasteiger partial charge is 0.507 e. The molecule has 0 aliphatic rings. The van der Waals surface area contributed by atoms with Crippen molar-refractivity contribution in [2.75, 3.05) is 0 Å². The van der Waals surface area contributed by atoms with E-state index in [0.29, 0.717) is 0 Å². The number of H-pyrrole nitrogens is 1. The molecule has 3 nitrogen and oxygen atoms in total. The molecule has 5 aromatic rings. The standard InChI is InChI=1S/C23H16N2O/c26-22-11-10-18(12-19(22)15-6-2-1-3-7-15)23-24-20-13-16-8-4-5-9-17(16)14-21(20)25-23/h1-14,26H,(H,24,25). The monoisotopic (exact) mass is 336 g/mol. The highest BCUT2D eigenvalue weighted by molar-refractivity contribution is 5.96. The smallest absolute Gasteiger partial charge is 0.138 e. The van der Waals surface area contributed by atoms with Gasteiger partial charge in [0, 0.05) is 11.1 Å². The summed E-state index contributed by atoms with van der Waals surface area (Å²) in [4.78, 5) is 8.17. The third-order valence-corrected chi connectivity index (χ3v) is 4.70. The lowest BCUT2D eigenvalue weighted by molar-refractivity contribution is 0.477. The van der Waals surface area contributed by atoms with Crippen LogP contribution in [-0.2, 0) is 0 Å². The zero-order chi connectivity index (χ0) is 17.5. The average molecular weight is 336 g/mol. The Morgan fingerprint density at radius 3 is 2.23 bits per heavy atom. The number of phenols is 1. The predicted molar refractivity (Wildman–Crippen MR) is 106 cm³/mol. The van der Waals surface area contributed by atoms with Crippen LogP contribution >= 0.6 is 0 Å². The van der Waals surface area contributed by atoms with Crippen LogP contribution in [0.1, 0.15) is 0 Å². The summed E-state index contributed by atoms with van der Waals surface area (Å²) in [5, 5.41) is 12.6. The van der Waals surface area contributed by atoms with Crippen LogP contribution in [0, 0.1) is 0 Å². The summed E-state index contributed by atoms with van der Waals surface area (Å²) in [6.45, 7) is 0. The van der Waals surface area contributed by atoms with Gasteiger partial charge in [-0.1, -0.05) is 54.6 Å². The first-order chi connectivity index (χ1) is 12.8. The van der Waals surface area contributed by atoms with Crippen molar-refractivity contribution in [3.05, 3.63) is 84.9 Å². The van der Waals surface area contributed by atoms with Crippen molar-refractivity contribution >= 4 is 21.8 Å². The molecule has 124 valence electrons. The fourth-order valence-electron chi connectivity index (χ4n) is 3.37. The summed E-state index contributed by atoms with van der Waals surface area (Å²) in [5.74, 6) is 1.06. The molecule has 0 aliphatic carbocycles. The first-order valence-electron chi connectivity index (χ1n) is 8.55. The number of nitrogens with one attached hydrogen (secondary N) is 1. The van der Waals surface area contributed by atoms with Crippen LogP contribution in [0.3, 0.4) is 0 Å². The molecule has 0 spiro atoms. The third kappa shape index (κ3) is 2.42. The molecule has 4 aromatic carbocycles. The van der Waals surface area contributed by atoms with Crippen molar-refractivity contribution in [1.82, 2.24) is 9.97 Å². The first kappa shape index (κ1) is 14.7. The Bertz CT molecular complexity index is 1190. The molecular formula is C23H16N2O. The fraction of sp³-hybridized carbons (Fsp3) is 0. The molecule has 3 heteroatoms. The number of hydrogen-bond donors (Lipinski definition) is 2. The number of rotatable bonds is 2. The van der Waals surface area contributed by atoms with Gasteiger partial charge in [0.25, 0.3) is 0 Å². The van der Waals surface area contributed by atoms with E-state index in [4.69, 9.17) is 4.98 Å². The Hall–Kier alpha value is -3.59. The Kier molecular flexibility index (Phi) is 3.25. The number of aromatic amines is 1. The van der Waals surface area contributed by atoms with Crippen LogP contribution in [0.25, 0.3) is 44.3 Å². The average Bonchev–Trinajstić information content (AvgIpc) is 3.10. The molecule has 0 saturated heterocycles. The number of hydrogen-bond acceptors (Lipinski definition) is 2. The Labute approximate surface area is 150 Å². The van der Waals surface area contributed by atoms with Gasteiger partial charge in [0.2, 0.25) is 0 Å². The maximum absolute atomic E-state index is 10.3. The van der Waals surface area contributed by atoms with Crippen molar-refractivity contribution in [2.45, 2.75) is 0 Å². The maximum Gasteiger partial charge on any atom is 0.138 e. The first-order valence-corrected chi connectivity index (χ1v) is 8.55. The van der Waals surface area contributed by atoms with Gasteiger partial charge in [-0.15, -0.1) is 0 Å². The molecule has 0 fully saturated rings. The quantitative estimate of drug-likeness (QED) is 0.431. The molecular weight excluding hydrogens is 320 g/mol. The van der Waals surface area contributed by atoms with Gasteiger partial charge >= 0.3 is 0 Å². The van der Waals surface area contributed by atoms with E-state index in [9.17, 15) is 5.11 Å². The molecule has 2 N–H and O–H groups in total. The van der Waals surface area contributed by atoms with Gasteiger partial charge in [0.05, 0.1) is 11.0 Å². The van der Waals surface area contributed by atoms with Crippen LogP contribution < -0.4 is 0 Å². The highest BCUT2D eigenvalue weighted by Gasteiger charge is 2.10. The Morgan fingerprint density at radius 2 is 1.42 bits per heavy atom. The number of benzene rings is 4. The molecule has 0 atom stereocenters. The van der Waals surface area contributed by atoms with Gasteiger partial charge in [-0.05, 0) is 46.7 Å². The summed E-state index contributed by atoms with van der Waals surface area (Å²) in [5.41, 5.74) is 4.67. The molecule has 1 heterocycles. The minimum Gasteiger partial charge on any atom is -0.507 e. The third-order valence-electron chi connectivity index (χ3n) is 4.70. The van der Waals surface area contributed by atoms with Gasteiger partial charge < -0.3 is 10.1 Å². The van der Waals surface area contributed by atoms with Crippen molar-refractivity contribution in [2.24, 2.45) is 0 Å². The number of aromatic nitrogens is 2. The maximum atomic E-state index is 10.3. The molecule has 0 aliphatic heterocycles. The van der Waals surface area contributed by atoms with E-state index in [2.05, 4.69) is 29.2 Å². The van der Waals surface area contributed by atoms with E-state index in [1.165, 1.54) is 10.8 Å². The van der Waals surface area contributed by atoms with Gasteiger partial charge in [-0.2, -0.15) is 0 Å². The number of nitrogens with zero attached hydrogens (tertiary/aromatic N) is 1. The van der Waals surface area contributed by atoms with Crippen LogP contribution in [0.2, 0.25) is 0 Å². The lowest BCUT2D eigenvalue weighted by Crippen LogP contribution is -1.84. The van der Waals surface area contributed by atoms with E-state index >= 15 is 0 Å². The van der Waals surface area contributed by atoms with Crippen molar-refractivity contribution in [3.63, 3.8) is 0 Å². The summed E-state index contributed by atoms with van der Waals surface area (Å²) in [7, 11) is 0. The van der Waals surface area contributed by atoms with E-state index in [-0.39, 0.29) is 5.75 Å². The molecule has 0 saturated carbocycles. The van der Waals surface area contributed by atoms with E-state index in [0.717, 1.165) is 33.5 Å². The Balaban J connectivity index is 1.67. The van der Waals surface area contributed by atoms with Crippen LogP contribution in [0.15, 0.2) is 84.9 Å². The molecule has 5 rings (SSSR count). The molecule has 26 heavy (non-hydrogen) atoms. The second-order valence-corrected chi connectivity index (χ2v) is 6.40. The van der Waals surface area contributed by atoms with Crippen molar-refractivity contribution < 1.29 is 5.11 Å². The van der Waals surface area contributed by atoms with E-state index in [1.54, 1.807) is 6.07 Å². The summed E-state index contributed by atoms with van der Waals surface area (Å²) >= 11 is 0. The van der Waals surface area contributed by atoms with Gasteiger partial charge in [0.15, 0.2) is 0 Å².